The van der Waals surface area contributed by atoms with Crippen molar-refractivity contribution < 1.29 is 18.7 Å². The van der Waals surface area contributed by atoms with Crippen molar-refractivity contribution >= 4 is 23.3 Å². The largest absolute Gasteiger partial charge is 0.377 e. The molecule has 24 heavy (non-hydrogen) atoms. The van der Waals surface area contributed by atoms with Crippen molar-refractivity contribution in [2.75, 3.05) is 29.9 Å². The molecule has 0 bridgehead atoms. The van der Waals surface area contributed by atoms with Crippen LogP contribution in [0.3, 0.4) is 0 Å². The number of nitrogens with one attached hydrogen (secondary N) is 2. The average molecular weight is 335 g/mol. The van der Waals surface area contributed by atoms with Gasteiger partial charge >= 0.3 is 6.03 Å². The lowest BCUT2D eigenvalue weighted by molar-refractivity contribution is -0.122. The molecular formula is C17H22FN3O3. The molecule has 2 unspecified atom stereocenters. The summed E-state index contributed by atoms with van der Waals surface area (Å²) in [4.78, 5) is 25.8. The molecule has 130 valence electrons. The van der Waals surface area contributed by atoms with E-state index in [1.54, 1.807) is 0 Å². The van der Waals surface area contributed by atoms with Gasteiger partial charge in [0, 0.05) is 25.4 Å². The van der Waals surface area contributed by atoms with Crippen LogP contribution >= 0.6 is 0 Å². The summed E-state index contributed by atoms with van der Waals surface area (Å²) in [6, 6.07) is 4.08. The van der Waals surface area contributed by atoms with E-state index in [-0.39, 0.29) is 35.6 Å². The van der Waals surface area contributed by atoms with Gasteiger partial charge in [0.15, 0.2) is 0 Å². The fourth-order valence-corrected chi connectivity index (χ4v) is 3.27. The van der Waals surface area contributed by atoms with Crippen LogP contribution in [0.5, 0.6) is 0 Å². The summed E-state index contributed by atoms with van der Waals surface area (Å²) < 4.78 is 19.7. The van der Waals surface area contributed by atoms with Crippen molar-refractivity contribution in [3.8, 4) is 0 Å². The topological polar surface area (TPSA) is 70.7 Å². The van der Waals surface area contributed by atoms with E-state index >= 15 is 0 Å². The fourth-order valence-electron chi connectivity index (χ4n) is 3.27. The third kappa shape index (κ3) is 3.21. The number of halogens is 1. The molecule has 2 heterocycles. The molecule has 3 rings (SSSR count). The number of hydrogen-bond acceptors (Lipinski definition) is 3. The Hall–Kier alpha value is -2.15. The number of hydrogen-bond donors (Lipinski definition) is 2. The second-order valence-corrected chi connectivity index (χ2v) is 6.51. The Morgan fingerprint density at radius 2 is 2.25 bits per heavy atom. The second kappa shape index (κ2) is 6.76. The summed E-state index contributed by atoms with van der Waals surface area (Å²) in [5, 5.41) is 5.36. The van der Waals surface area contributed by atoms with Gasteiger partial charge in [-0.1, -0.05) is 13.8 Å². The first-order valence-corrected chi connectivity index (χ1v) is 8.24. The SMILES string of the molecule is CC(C)C1OCCC1C(=O)Nc1cc(N2CCNC2=O)ccc1F. The van der Waals surface area contributed by atoms with Crippen LogP contribution in [-0.2, 0) is 9.53 Å². The third-order valence-corrected chi connectivity index (χ3v) is 4.51. The molecule has 2 atom stereocenters. The van der Waals surface area contributed by atoms with Gasteiger partial charge in [0.2, 0.25) is 5.91 Å². The number of nitrogens with zero attached hydrogens (tertiary/aromatic N) is 1. The minimum Gasteiger partial charge on any atom is -0.377 e. The van der Waals surface area contributed by atoms with Crippen LogP contribution in [0.2, 0.25) is 0 Å². The highest BCUT2D eigenvalue weighted by Crippen LogP contribution is 2.29. The van der Waals surface area contributed by atoms with Gasteiger partial charge in [0.05, 0.1) is 17.7 Å². The van der Waals surface area contributed by atoms with Gasteiger partial charge in [-0.2, -0.15) is 0 Å². The molecule has 0 saturated carbocycles. The van der Waals surface area contributed by atoms with Gasteiger partial charge in [0.25, 0.3) is 0 Å². The molecule has 0 radical (unpaired) electrons. The molecule has 0 spiro atoms. The summed E-state index contributed by atoms with van der Waals surface area (Å²) in [6.07, 6.45) is 0.477. The Morgan fingerprint density at radius 1 is 1.46 bits per heavy atom. The number of carbonyl (C=O) groups excluding carboxylic acids is 2. The highest BCUT2D eigenvalue weighted by molar-refractivity contribution is 5.97. The van der Waals surface area contributed by atoms with Gasteiger partial charge in [-0.05, 0) is 30.5 Å². The maximum Gasteiger partial charge on any atom is 0.321 e. The van der Waals surface area contributed by atoms with Crippen molar-refractivity contribution in [2.24, 2.45) is 11.8 Å². The molecule has 0 aromatic heterocycles. The van der Waals surface area contributed by atoms with Crippen LogP contribution in [-0.4, -0.2) is 37.7 Å². The van der Waals surface area contributed by atoms with Gasteiger partial charge in [-0.3, -0.25) is 9.69 Å². The number of anilines is 2. The summed E-state index contributed by atoms with van der Waals surface area (Å²) in [5.74, 6) is -0.837. The highest BCUT2D eigenvalue weighted by atomic mass is 19.1. The standard InChI is InChI=1S/C17H22FN3O3/c1-10(2)15-12(5-8-24-15)16(22)20-14-9-11(3-4-13(14)18)21-7-6-19-17(21)23/h3-4,9-10,12,15H,5-8H2,1-2H3,(H,19,23)(H,20,22). The molecule has 3 amide bonds. The predicted octanol–water partition coefficient (Wildman–Crippen LogP) is 2.35. The Kier molecular flexibility index (Phi) is 4.71. The van der Waals surface area contributed by atoms with Gasteiger partial charge in [-0.15, -0.1) is 0 Å². The Morgan fingerprint density at radius 3 is 2.92 bits per heavy atom. The second-order valence-electron chi connectivity index (χ2n) is 6.51. The van der Waals surface area contributed by atoms with E-state index in [9.17, 15) is 14.0 Å². The van der Waals surface area contributed by atoms with Crippen molar-refractivity contribution in [1.29, 1.82) is 0 Å². The average Bonchev–Trinajstić information content (AvgIpc) is 3.18. The van der Waals surface area contributed by atoms with E-state index < -0.39 is 5.82 Å². The highest BCUT2D eigenvalue weighted by Gasteiger charge is 2.36. The van der Waals surface area contributed by atoms with Crippen LogP contribution in [0, 0.1) is 17.7 Å². The zero-order valence-corrected chi connectivity index (χ0v) is 13.8. The number of ether oxygens (including phenoxy) is 1. The number of urea groups is 1. The van der Waals surface area contributed by atoms with E-state index in [2.05, 4.69) is 10.6 Å². The molecular weight excluding hydrogens is 313 g/mol. The minimum absolute atomic E-state index is 0.0895. The van der Waals surface area contributed by atoms with Crippen LogP contribution < -0.4 is 15.5 Å². The zero-order valence-electron chi connectivity index (χ0n) is 13.8. The van der Waals surface area contributed by atoms with E-state index in [0.717, 1.165) is 0 Å². The van der Waals surface area contributed by atoms with Crippen molar-refractivity contribution in [3.05, 3.63) is 24.0 Å². The first-order chi connectivity index (χ1) is 11.5. The van der Waals surface area contributed by atoms with Crippen LogP contribution in [0.25, 0.3) is 0 Å². The van der Waals surface area contributed by atoms with Gasteiger partial charge in [-0.25, -0.2) is 9.18 Å². The lowest BCUT2D eigenvalue weighted by Gasteiger charge is -2.22. The van der Waals surface area contributed by atoms with E-state index in [1.807, 2.05) is 13.8 Å². The Balaban J connectivity index is 1.77. The summed E-state index contributed by atoms with van der Waals surface area (Å²) in [7, 11) is 0. The van der Waals surface area contributed by atoms with Crippen LogP contribution in [0.4, 0.5) is 20.6 Å². The first kappa shape index (κ1) is 16.7. The maximum atomic E-state index is 14.1. The summed E-state index contributed by atoms with van der Waals surface area (Å²) in [6.45, 7) is 5.61. The molecule has 2 fully saturated rings. The molecule has 2 aliphatic heterocycles. The third-order valence-electron chi connectivity index (χ3n) is 4.51. The number of amides is 3. The van der Waals surface area contributed by atoms with Gasteiger partial charge in [0.1, 0.15) is 5.82 Å². The molecule has 2 aliphatic rings. The molecule has 6 nitrogen and oxygen atoms in total. The summed E-state index contributed by atoms with van der Waals surface area (Å²) >= 11 is 0. The molecule has 2 N–H and O–H groups in total. The molecule has 1 aromatic carbocycles. The Bertz CT molecular complexity index is 650. The predicted molar refractivity (Wildman–Crippen MR) is 88.5 cm³/mol. The number of benzene rings is 1. The van der Waals surface area contributed by atoms with Crippen LogP contribution in [0.15, 0.2) is 18.2 Å². The van der Waals surface area contributed by atoms with Crippen molar-refractivity contribution in [2.45, 2.75) is 26.4 Å². The minimum atomic E-state index is -0.522. The molecule has 1 aromatic rings. The van der Waals surface area contributed by atoms with Crippen LogP contribution in [0.1, 0.15) is 20.3 Å². The molecule has 7 heteroatoms. The van der Waals surface area contributed by atoms with Gasteiger partial charge < -0.3 is 15.4 Å². The summed E-state index contributed by atoms with van der Waals surface area (Å²) in [5.41, 5.74) is 0.649. The molecule has 0 aliphatic carbocycles. The monoisotopic (exact) mass is 335 g/mol. The van der Waals surface area contributed by atoms with E-state index in [4.69, 9.17) is 4.74 Å². The smallest absolute Gasteiger partial charge is 0.321 e. The van der Waals surface area contributed by atoms with Crippen molar-refractivity contribution in [3.63, 3.8) is 0 Å². The Labute approximate surface area is 140 Å². The van der Waals surface area contributed by atoms with E-state index in [1.165, 1.54) is 23.1 Å². The van der Waals surface area contributed by atoms with Crippen molar-refractivity contribution in [1.82, 2.24) is 5.32 Å². The number of carbonyl (C=O) groups is 2. The lowest BCUT2D eigenvalue weighted by atomic mass is 9.92. The number of rotatable bonds is 4. The normalized spacial score (nSPS) is 23.7. The quantitative estimate of drug-likeness (QED) is 0.887. The maximum absolute atomic E-state index is 14.1. The zero-order chi connectivity index (χ0) is 17.3. The lowest BCUT2D eigenvalue weighted by Crippen LogP contribution is -2.33. The van der Waals surface area contributed by atoms with E-state index in [0.29, 0.717) is 31.8 Å². The fraction of sp³-hybridized carbons (Fsp3) is 0.529. The first-order valence-electron chi connectivity index (χ1n) is 8.24. The molecule has 2 saturated heterocycles.